The van der Waals surface area contributed by atoms with Crippen molar-refractivity contribution >= 4 is 11.9 Å². The Morgan fingerprint density at radius 1 is 0.875 bits per heavy atom. The van der Waals surface area contributed by atoms with E-state index >= 15 is 0 Å². The molecule has 2 N–H and O–H groups in total. The summed E-state index contributed by atoms with van der Waals surface area (Å²) in [5, 5.41) is 18.6. The van der Waals surface area contributed by atoms with E-state index in [4.69, 9.17) is 5.11 Å². The van der Waals surface area contributed by atoms with E-state index in [2.05, 4.69) is 13.8 Å². The predicted molar refractivity (Wildman–Crippen MR) is 96.9 cm³/mol. The Hall–Kier alpha value is -1.10. The van der Waals surface area contributed by atoms with Gasteiger partial charge in [0.05, 0.1) is 6.10 Å². The molecule has 0 aliphatic rings. The highest BCUT2D eigenvalue weighted by molar-refractivity contribution is 5.73. The number of amides is 1. The molecule has 0 radical (unpaired) electrons. The van der Waals surface area contributed by atoms with Crippen LogP contribution in [0.15, 0.2) is 0 Å². The number of carbonyl (C=O) groups is 2. The summed E-state index contributed by atoms with van der Waals surface area (Å²) in [5.74, 6) is 0.0167. The first-order chi connectivity index (χ1) is 11.3. The van der Waals surface area contributed by atoms with E-state index in [1.54, 1.807) is 6.92 Å². The number of carboxylic acids is 1. The minimum Gasteiger partial charge on any atom is -0.481 e. The van der Waals surface area contributed by atoms with Crippen LogP contribution in [0, 0.1) is 5.92 Å². The minimum atomic E-state index is -0.743. The maximum absolute atomic E-state index is 11.7. The van der Waals surface area contributed by atoms with Crippen molar-refractivity contribution in [3.63, 3.8) is 0 Å². The van der Waals surface area contributed by atoms with Gasteiger partial charge in [-0.25, -0.2) is 0 Å². The zero-order valence-corrected chi connectivity index (χ0v) is 15.8. The standard InChI is InChI=1S/C19H37NO4/c1-16(2)10-8-11-18(22)12-9-15-20(17(3)21)14-7-5-4-6-13-19(23)24/h16,18,22H,4-15H2,1-3H3,(H,23,24). The van der Waals surface area contributed by atoms with Gasteiger partial charge in [-0.15, -0.1) is 0 Å². The molecular formula is C19H37NO4. The molecular weight excluding hydrogens is 306 g/mol. The van der Waals surface area contributed by atoms with Crippen LogP contribution in [0.1, 0.15) is 85.0 Å². The Labute approximate surface area is 147 Å². The van der Waals surface area contributed by atoms with Crippen molar-refractivity contribution in [1.29, 1.82) is 0 Å². The third-order valence-corrected chi connectivity index (χ3v) is 4.30. The maximum Gasteiger partial charge on any atom is 0.303 e. The third kappa shape index (κ3) is 14.5. The number of nitrogens with zero attached hydrogens (tertiary/aromatic N) is 1. The van der Waals surface area contributed by atoms with Crippen LogP contribution >= 0.6 is 0 Å². The van der Waals surface area contributed by atoms with Crippen LogP contribution < -0.4 is 0 Å². The van der Waals surface area contributed by atoms with E-state index in [1.807, 2.05) is 4.90 Å². The van der Waals surface area contributed by atoms with Crippen molar-refractivity contribution in [2.24, 2.45) is 5.92 Å². The Morgan fingerprint density at radius 3 is 2.04 bits per heavy atom. The SMILES string of the molecule is CC(=O)N(CCCCCCC(=O)O)CCCC(O)CCCC(C)C. The van der Waals surface area contributed by atoms with Gasteiger partial charge in [-0.1, -0.05) is 39.5 Å². The molecule has 142 valence electrons. The molecule has 0 aromatic heterocycles. The van der Waals surface area contributed by atoms with E-state index in [0.717, 1.165) is 57.9 Å². The number of hydrogen-bond donors (Lipinski definition) is 2. The van der Waals surface area contributed by atoms with Gasteiger partial charge in [0.25, 0.3) is 0 Å². The number of aliphatic carboxylic acids is 1. The zero-order valence-electron chi connectivity index (χ0n) is 15.8. The number of carboxylic acid groups (broad SMARTS) is 1. The van der Waals surface area contributed by atoms with Crippen LogP contribution in [0.5, 0.6) is 0 Å². The molecule has 0 bridgehead atoms. The average molecular weight is 344 g/mol. The van der Waals surface area contributed by atoms with Gasteiger partial charge in [0.1, 0.15) is 0 Å². The van der Waals surface area contributed by atoms with E-state index < -0.39 is 5.97 Å². The Morgan fingerprint density at radius 2 is 1.46 bits per heavy atom. The summed E-state index contributed by atoms with van der Waals surface area (Å²) in [5.41, 5.74) is 0. The normalized spacial score (nSPS) is 12.4. The van der Waals surface area contributed by atoms with Crippen molar-refractivity contribution in [2.45, 2.75) is 91.1 Å². The van der Waals surface area contributed by atoms with Crippen LogP contribution in [-0.4, -0.2) is 46.2 Å². The van der Waals surface area contributed by atoms with Crippen LogP contribution in [0.3, 0.4) is 0 Å². The summed E-state index contributed by atoms with van der Waals surface area (Å²) in [6, 6.07) is 0. The molecule has 0 saturated carbocycles. The monoisotopic (exact) mass is 343 g/mol. The summed E-state index contributed by atoms with van der Waals surface area (Å²) in [6.07, 6.45) is 8.09. The second-order valence-electron chi connectivity index (χ2n) is 7.18. The molecule has 0 rings (SSSR count). The molecule has 0 aromatic rings. The first kappa shape index (κ1) is 22.9. The van der Waals surface area contributed by atoms with E-state index in [-0.39, 0.29) is 18.4 Å². The lowest BCUT2D eigenvalue weighted by molar-refractivity contribution is -0.137. The quantitative estimate of drug-likeness (QED) is 0.443. The Bertz CT molecular complexity index is 344. The van der Waals surface area contributed by atoms with Crippen LogP contribution in [0.4, 0.5) is 0 Å². The summed E-state index contributed by atoms with van der Waals surface area (Å²) < 4.78 is 0. The molecule has 1 atom stereocenters. The summed E-state index contributed by atoms with van der Waals surface area (Å²) in [7, 11) is 0. The topological polar surface area (TPSA) is 77.8 Å². The molecule has 0 aliphatic heterocycles. The fraction of sp³-hybridized carbons (Fsp3) is 0.895. The van der Waals surface area contributed by atoms with Gasteiger partial charge in [0.15, 0.2) is 0 Å². The lowest BCUT2D eigenvalue weighted by Gasteiger charge is -2.22. The number of hydrogen-bond acceptors (Lipinski definition) is 3. The number of unbranched alkanes of at least 4 members (excludes halogenated alkanes) is 3. The highest BCUT2D eigenvalue weighted by atomic mass is 16.4. The van der Waals surface area contributed by atoms with Crippen molar-refractivity contribution in [3.05, 3.63) is 0 Å². The van der Waals surface area contributed by atoms with Gasteiger partial charge in [-0.3, -0.25) is 9.59 Å². The molecule has 0 fully saturated rings. The van der Waals surface area contributed by atoms with E-state index in [0.29, 0.717) is 18.9 Å². The Kier molecular flexibility index (Phi) is 13.6. The predicted octanol–water partition coefficient (Wildman–Crippen LogP) is 3.84. The molecule has 0 spiro atoms. The molecule has 0 aromatic carbocycles. The second-order valence-corrected chi connectivity index (χ2v) is 7.18. The zero-order chi connectivity index (χ0) is 18.4. The maximum atomic E-state index is 11.7. The van der Waals surface area contributed by atoms with Gasteiger partial charge in [-0.2, -0.15) is 0 Å². The molecule has 5 nitrogen and oxygen atoms in total. The van der Waals surface area contributed by atoms with Crippen LogP contribution in [-0.2, 0) is 9.59 Å². The molecule has 1 unspecified atom stereocenters. The first-order valence-electron chi connectivity index (χ1n) is 9.48. The van der Waals surface area contributed by atoms with Gasteiger partial charge >= 0.3 is 5.97 Å². The lowest BCUT2D eigenvalue weighted by Crippen LogP contribution is -2.31. The van der Waals surface area contributed by atoms with Crippen molar-refractivity contribution in [1.82, 2.24) is 4.90 Å². The highest BCUT2D eigenvalue weighted by Gasteiger charge is 2.10. The molecule has 0 saturated heterocycles. The van der Waals surface area contributed by atoms with Gasteiger partial charge < -0.3 is 15.1 Å². The summed E-state index contributed by atoms with van der Waals surface area (Å²) in [6.45, 7) is 7.40. The third-order valence-electron chi connectivity index (χ3n) is 4.30. The number of carbonyl (C=O) groups excluding carboxylic acids is 1. The number of rotatable bonds is 15. The number of aliphatic hydroxyl groups excluding tert-OH is 1. The average Bonchev–Trinajstić information content (AvgIpc) is 2.47. The van der Waals surface area contributed by atoms with Crippen LogP contribution in [0.2, 0.25) is 0 Å². The summed E-state index contributed by atoms with van der Waals surface area (Å²) >= 11 is 0. The minimum absolute atomic E-state index is 0.0785. The Balaban J connectivity index is 3.76. The van der Waals surface area contributed by atoms with E-state index in [9.17, 15) is 14.7 Å². The molecule has 24 heavy (non-hydrogen) atoms. The van der Waals surface area contributed by atoms with Crippen LogP contribution in [0.25, 0.3) is 0 Å². The first-order valence-corrected chi connectivity index (χ1v) is 9.48. The fourth-order valence-electron chi connectivity index (χ4n) is 2.78. The second kappa shape index (κ2) is 14.3. The van der Waals surface area contributed by atoms with E-state index in [1.165, 1.54) is 0 Å². The van der Waals surface area contributed by atoms with Gasteiger partial charge in [0, 0.05) is 26.4 Å². The van der Waals surface area contributed by atoms with Crippen molar-refractivity contribution in [2.75, 3.05) is 13.1 Å². The van der Waals surface area contributed by atoms with Gasteiger partial charge in [0.2, 0.25) is 5.91 Å². The summed E-state index contributed by atoms with van der Waals surface area (Å²) in [4.78, 5) is 23.9. The number of aliphatic hydroxyl groups is 1. The van der Waals surface area contributed by atoms with Crippen molar-refractivity contribution in [3.8, 4) is 0 Å². The fourth-order valence-corrected chi connectivity index (χ4v) is 2.78. The van der Waals surface area contributed by atoms with Crippen molar-refractivity contribution < 1.29 is 19.8 Å². The van der Waals surface area contributed by atoms with Gasteiger partial charge in [-0.05, 0) is 38.0 Å². The smallest absolute Gasteiger partial charge is 0.303 e. The highest BCUT2D eigenvalue weighted by Crippen LogP contribution is 2.12. The molecule has 1 amide bonds. The molecule has 5 heteroatoms. The molecule has 0 aliphatic carbocycles. The lowest BCUT2D eigenvalue weighted by atomic mass is 10.0. The molecule has 0 heterocycles. The largest absolute Gasteiger partial charge is 0.481 e.